The van der Waals surface area contributed by atoms with E-state index in [1.165, 1.54) is 0 Å². The lowest BCUT2D eigenvalue weighted by Gasteiger charge is -2.18. The van der Waals surface area contributed by atoms with E-state index in [9.17, 15) is 9.59 Å². The molecule has 1 rings (SSSR count). The Labute approximate surface area is 127 Å². The second-order valence-corrected chi connectivity index (χ2v) is 4.95. The second-order valence-electron chi connectivity index (χ2n) is 4.10. The molecule has 0 unspecified atom stereocenters. The fourth-order valence-corrected chi connectivity index (χ4v) is 2.68. The molecule has 0 aromatic heterocycles. The van der Waals surface area contributed by atoms with Crippen molar-refractivity contribution in [1.29, 1.82) is 0 Å². The Bertz CT molecular complexity index is 467. The van der Waals surface area contributed by atoms with Crippen molar-refractivity contribution in [1.82, 2.24) is 0 Å². The van der Waals surface area contributed by atoms with Crippen LogP contribution in [0.3, 0.4) is 0 Å². The van der Waals surface area contributed by atoms with Gasteiger partial charge >= 0.3 is 11.9 Å². The molecular formula is C15H19BrO4. The van der Waals surface area contributed by atoms with E-state index in [1.54, 1.807) is 26.0 Å². The van der Waals surface area contributed by atoms with Crippen LogP contribution in [-0.2, 0) is 25.5 Å². The normalized spacial score (nSPS) is 10.4. The third-order valence-electron chi connectivity index (χ3n) is 2.86. The SMILES string of the molecule is CCOC(=O)C(C(=O)OCC)c1cccc(Br)c1CC. The Balaban J connectivity index is 3.26. The minimum absolute atomic E-state index is 0.226. The van der Waals surface area contributed by atoms with Gasteiger partial charge < -0.3 is 9.47 Å². The molecule has 0 spiro atoms. The molecule has 0 heterocycles. The summed E-state index contributed by atoms with van der Waals surface area (Å²) in [5, 5.41) is 0. The van der Waals surface area contributed by atoms with Crippen LogP contribution in [0.1, 0.15) is 37.8 Å². The molecule has 110 valence electrons. The summed E-state index contributed by atoms with van der Waals surface area (Å²) in [7, 11) is 0. The van der Waals surface area contributed by atoms with Crippen LogP contribution in [0, 0.1) is 0 Å². The largest absolute Gasteiger partial charge is 0.465 e. The first kappa shape index (κ1) is 16.7. The van der Waals surface area contributed by atoms with Gasteiger partial charge in [0.05, 0.1) is 13.2 Å². The minimum atomic E-state index is -1.03. The van der Waals surface area contributed by atoms with Gasteiger partial charge in [-0.2, -0.15) is 0 Å². The average molecular weight is 343 g/mol. The van der Waals surface area contributed by atoms with Crippen molar-refractivity contribution in [3.8, 4) is 0 Å². The van der Waals surface area contributed by atoms with Gasteiger partial charge in [0, 0.05) is 4.47 Å². The number of hydrogen-bond acceptors (Lipinski definition) is 4. The summed E-state index contributed by atoms with van der Waals surface area (Å²) in [6, 6.07) is 5.45. The summed E-state index contributed by atoms with van der Waals surface area (Å²) in [5.41, 5.74) is 1.55. The predicted molar refractivity (Wildman–Crippen MR) is 79.5 cm³/mol. The Hall–Kier alpha value is -1.36. The molecule has 0 aliphatic heterocycles. The van der Waals surface area contributed by atoms with Gasteiger partial charge in [-0.05, 0) is 37.5 Å². The first-order valence-corrected chi connectivity index (χ1v) is 7.46. The van der Waals surface area contributed by atoms with E-state index < -0.39 is 17.9 Å². The highest BCUT2D eigenvalue weighted by Gasteiger charge is 2.33. The second kappa shape index (κ2) is 8.04. The summed E-state index contributed by atoms with van der Waals surface area (Å²) in [6.07, 6.45) is 0.700. The van der Waals surface area contributed by atoms with E-state index in [2.05, 4.69) is 15.9 Å². The number of carbonyl (C=O) groups is 2. The van der Waals surface area contributed by atoms with Crippen LogP contribution in [0.4, 0.5) is 0 Å². The summed E-state index contributed by atoms with van der Waals surface area (Å²) < 4.78 is 10.9. The van der Waals surface area contributed by atoms with Crippen LogP contribution >= 0.6 is 15.9 Å². The molecule has 1 aromatic rings. The van der Waals surface area contributed by atoms with Crippen molar-refractivity contribution < 1.29 is 19.1 Å². The van der Waals surface area contributed by atoms with Crippen molar-refractivity contribution in [2.24, 2.45) is 0 Å². The lowest BCUT2D eigenvalue weighted by Crippen LogP contribution is -2.27. The Morgan fingerprint density at radius 3 is 2.10 bits per heavy atom. The third kappa shape index (κ3) is 3.82. The molecule has 0 saturated carbocycles. The van der Waals surface area contributed by atoms with Crippen molar-refractivity contribution in [2.45, 2.75) is 33.1 Å². The fraction of sp³-hybridized carbons (Fsp3) is 0.467. The molecule has 0 fully saturated rings. The van der Waals surface area contributed by atoms with Crippen molar-refractivity contribution in [2.75, 3.05) is 13.2 Å². The fourth-order valence-electron chi connectivity index (χ4n) is 2.02. The van der Waals surface area contributed by atoms with Gasteiger partial charge in [-0.25, -0.2) is 0 Å². The number of hydrogen-bond donors (Lipinski definition) is 0. The lowest BCUT2D eigenvalue weighted by molar-refractivity contribution is -0.156. The zero-order valence-corrected chi connectivity index (χ0v) is 13.5. The molecule has 0 amide bonds. The monoisotopic (exact) mass is 342 g/mol. The van der Waals surface area contributed by atoms with Crippen LogP contribution in [0.25, 0.3) is 0 Å². The predicted octanol–water partition coefficient (Wildman–Crippen LogP) is 3.22. The van der Waals surface area contributed by atoms with Crippen LogP contribution in [-0.4, -0.2) is 25.2 Å². The van der Waals surface area contributed by atoms with E-state index >= 15 is 0 Å². The van der Waals surface area contributed by atoms with Crippen molar-refractivity contribution >= 4 is 27.9 Å². The summed E-state index contributed by atoms with van der Waals surface area (Å²) in [5.74, 6) is -2.17. The molecular weight excluding hydrogens is 324 g/mol. The van der Waals surface area contributed by atoms with Crippen LogP contribution in [0.5, 0.6) is 0 Å². The molecule has 0 atom stereocenters. The minimum Gasteiger partial charge on any atom is -0.465 e. The molecule has 0 aliphatic carbocycles. The van der Waals surface area contributed by atoms with Gasteiger partial charge in [0.25, 0.3) is 0 Å². The maximum absolute atomic E-state index is 12.1. The van der Waals surface area contributed by atoms with E-state index in [4.69, 9.17) is 9.47 Å². The van der Waals surface area contributed by atoms with Gasteiger partial charge in [-0.1, -0.05) is 35.0 Å². The van der Waals surface area contributed by atoms with Crippen LogP contribution in [0.2, 0.25) is 0 Å². The zero-order chi connectivity index (χ0) is 15.1. The van der Waals surface area contributed by atoms with E-state index in [0.29, 0.717) is 12.0 Å². The zero-order valence-electron chi connectivity index (χ0n) is 11.9. The molecule has 0 bridgehead atoms. The van der Waals surface area contributed by atoms with E-state index in [-0.39, 0.29) is 13.2 Å². The smallest absolute Gasteiger partial charge is 0.324 e. The number of benzene rings is 1. The quantitative estimate of drug-likeness (QED) is 0.588. The van der Waals surface area contributed by atoms with Gasteiger partial charge in [-0.15, -0.1) is 0 Å². The molecule has 20 heavy (non-hydrogen) atoms. The highest BCUT2D eigenvalue weighted by Crippen LogP contribution is 2.29. The number of carbonyl (C=O) groups excluding carboxylic acids is 2. The topological polar surface area (TPSA) is 52.6 Å². The summed E-state index contributed by atoms with van der Waals surface area (Å²) >= 11 is 3.45. The van der Waals surface area contributed by atoms with E-state index in [1.807, 2.05) is 13.0 Å². The molecule has 4 nitrogen and oxygen atoms in total. The molecule has 0 saturated heterocycles. The first-order valence-electron chi connectivity index (χ1n) is 6.67. The van der Waals surface area contributed by atoms with Crippen molar-refractivity contribution in [3.63, 3.8) is 0 Å². The number of halogens is 1. The molecule has 0 radical (unpaired) electrons. The summed E-state index contributed by atoms with van der Waals surface area (Å²) in [6.45, 7) is 5.84. The Kier molecular flexibility index (Phi) is 6.71. The highest BCUT2D eigenvalue weighted by molar-refractivity contribution is 9.10. The highest BCUT2D eigenvalue weighted by atomic mass is 79.9. The number of esters is 2. The van der Waals surface area contributed by atoms with Gasteiger partial charge in [0.15, 0.2) is 5.92 Å². The van der Waals surface area contributed by atoms with Crippen molar-refractivity contribution in [3.05, 3.63) is 33.8 Å². The third-order valence-corrected chi connectivity index (χ3v) is 3.61. The average Bonchev–Trinajstić information content (AvgIpc) is 2.40. The maximum atomic E-state index is 12.1. The van der Waals surface area contributed by atoms with Gasteiger partial charge in [-0.3, -0.25) is 9.59 Å². The molecule has 5 heteroatoms. The molecule has 0 aliphatic rings. The Morgan fingerprint density at radius 1 is 1.10 bits per heavy atom. The van der Waals surface area contributed by atoms with E-state index in [0.717, 1.165) is 10.0 Å². The van der Waals surface area contributed by atoms with Crippen LogP contribution < -0.4 is 0 Å². The Morgan fingerprint density at radius 2 is 1.65 bits per heavy atom. The first-order chi connectivity index (χ1) is 9.56. The molecule has 1 aromatic carbocycles. The lowest BCUT2D eigenvalue weighted by atomic mass is 9.93. The number of rotatable bonds is 6. The van der Waals surface area contributed by atoms with Gasteiger partial charge in [0.1, 0.15) is 0 Å². The van der Waals surface area contributed by atoms with Gasteiger partial charge in [0.2, 0.25) is 0 Å². The van der Waals surface area contributed by atoms with Crippen LogP contribution in [0.15, 0.2) is 22.7 Å². The standard InChI is InChI=1S/C15H19BrO4/c1-4-10-11(8-7-9-12(10)16)13(14(17)19-5-2)15(18)20-6-3/h7-9,13H,4-6H2,1-3H3. The molecule has 0 N–H and O–H groups in total. The summed E-state index contributed by atoms with van der Waals surface area (Å²) in [4.78, 5) is 24.2. The maximum Gasteiger partial charge on any atom is 0.324 e. The number of ether oxygens (including phenoxy) is 2.